The molecule has 0 aliphatic rings. The zero-order valence-electron chi connectivity index (χ0n) is 16.1. The molecule has 2 aromatic carbocycles. The van der Waals surface area contributed by atoms with Crippen LogP contribution in [-0.4, -0.2) is 31.5 Å². The Morgan fingerprint density at radius 3 is 2.70 bits per heavy atom. The number of fused-ring (bicyclic) bond motifs is 1. The quantitative estimate of drug-likeness (QED) is 0.463. The van der Waals surface area contributed by atoms with Gasteiger partial charge in [0.05, 0.1) is 17.1 Å². The summed E-state index contributed by atoms with van der Waals surface area (Å²) in [7, 11) is 0. The average Bonchev–Trinajstić information content (AvgIpc) is 3.21. The number of nitrogens with one attached hydrogen (secondary N) is 2. The van der Waals surface area contributed by atoms with Crippen molar-refractivity contribution in [3.8, 4) is 11.3 Å². The Hall–Kier alpha value is -3.46. The van der Waals surface area contributed by atoms with Crippen LogP contribution in [0.4, 0.5) is 10.1 Å². The summed E-state index contributed by atoms with van der Waals surface area (Å²) in [5.74, 6) is -0.928. The monoisotopic (exact) mass is 423 g/mol. The maximum atomic E-state index is 13.7. The number of carbonyl (C=O) groups excluding carboxylic acids is 1. The number of benzene rings is 2. The fourth-order valence-corrected chi connectivity index (χ4v) is 3.62. The number of anilines is 1. The molecule has 4 aromatic rings. The second-order valence-electron chi connectivity index (χ2n) is 6.53. The van der Waals surface area contributed by atoms with Crippen molar-refractivity contribution in [1.82, 2.24) is 19.8 Å². The number of nitrogens with zero attached hydrogens (tertiary/aromatic N) is 3. The van der Waals surface area contributed by atoms with Crippen molar-refractivity contribution in [2.75, 3.05) is 11.1 Å². The zero-order valence-corrected chi connectivity index (χ0v) is 16.9. The number of carbonyl (C=O) groups is 1. The lowest BCUT2D eigenvalue weighted by Crippen LogP contribution is -2.17. The Bertz CT molecular complexity index is 1270. The molecule has 0 aliphatic heterocycles. The van der Waals surface area contributed by atoms with Crippen LogP contribution >= 0.6 is 11.8 Å². The van der Waals surface area contributed by atoms with Crippen molar-refractivity contribution in [1.29, 1.82) is 0 Å². The normalized spacial score (nSPS) is 11.0. The Morgan fingerprint density at radius 2 is 1.97 bits per heavy atom. The van der Waals surface area contributed by atoms with Gasteiger partial charge in [0.15, 0.2) is 0 Å². The number of thioether (sulfide) groups is 1. The van der Waals surface area contributed by atoms with Gasteiger partial charge in [-0.05, 0) is 30.2 Å². The van der Waals surface area contributed by atoms with Gasteiger partial charge in [-0.25, -0.2) is 14.0 Å². The van der Waals surface area contributed by atoms with E-state index in [1.165, 1.54) is 22.2 Å². The fourth-order valence-electron chi connectivity index (χ4n) is 2.92. The van der Waals surface area contributed by atoms with Crippen LogP contribution in [0.2, 0.25) is 0 Å². The van der Waals surface area contributed by atoms with E-state index in [4.69, 9.17) is 0 Å². The third-order valence-corrected chi connectivity index (χ3v) is 5.44. The molecule has 2 heterocycles. The van der Waals surface area contributed by atoms with Gasteiger partial charge in [-0.1, -0.05) is 55.1 Å². The first-order valence-electron chi connectivity index (χ1n) is 9.30. The second kappa shape index (κ2) is 8.50. The van der Waals surface area contributed by atoms with E-state index < -0.39 is 11.7 Å². The van der Waals surface area contributed by atoms with Crippen LogP contribution in [0.15, 0.2) is 64.5 Å². The van der Waals surface area contributed by atoms with Crippen molar-refractivity contribution in [3.05, 3.63) is 76.3 Å². The molecule has 7 nitrogen and oxygen atoms in total. The summed E-state index contributed by atoms with van der Waals surface area (Å²) in [6.45, 7) is 2.08. The predicted octanol–water partition coefficient (Wildman–Crippen LogP) is 3.52. The minimum atomic E-state index is -0.508. The number of rotatable bonds is 6. The highest BCUT2D eigenvalue weighted by Crippen LogP contribution is 2.22. The van der Waals surface area contributed by atoms with E-state index in [1.807, 2.05) is 24.3 Å². The van der Waals surface area contributed by atoms with E-state index in [9.17, 15) is 14.0 Å². The van der Waals surface area contributed by atoms with Gasteiger partial charge in [-0.2, -0.15) is 5.10 Å². The van der Waals surface area contributed by atoms with E-state index in [1.54, 1.807) is 18.2 Å². The Labute approximate surface area is 175 Å². The summed E-state index contributed by atoms with van der Waals surface area (Å²) >= 11 is 1.09. The molecule has 0 atom stereocenters. The van der Waals surface area contributed by atoms with Crippen molar-refractivity contribution < 1.29 is 9.18 Å². The first-order chi connectivity index (χ1) is 14.5. The number of amides is 1. The maximum Gasteiger partial charge on any atom is 0.290 e. The molecule has 1 amide bonds. The smallest absolute Gasteiger partial charge is 0.290 e. The molecule has 0 saturated carbocycles. The number of hydrogen-bond donors (Lipinski definition) is 2. The van der Waals surface area contributed by atoms with Gasteiger partial charge in [-0.3, -0.25) is 9.59 Å². The summed E-state index contributed by atoms with van der Waals surface area (Å²) in [5.41, 5.74) is 2.78. The van der Waals surface area contributed by atoms with Crippen LogP contribution in [0.25, 0.3) is 16.8 Å². The topological polar surface area (TPSA) is 92.1 Å². The highest BCUT2D eigenvalue weighted by molar-refractivity contribution is 7.99. The Morgan fingerprint density at radius 1 is 1.20 bits per heavy atom. The summed E-state index contributed by atoms with van der Waals surface area (Å²) in [5, 5.41) is 13.8. The lowest BCUT2D eigenvalue weighted by molar-refractivity contribution is -0.113. The van der Waals surface area contributed by atoms with Crippen LogP contribution in [0.3, 0.4) is 0 Å². The van der Waals surface area contributed by atoms with Crippen molar-refractivity contribution in [2.45, 2.75) is 18.5 Å². The minimum absolute atomic E-state index is 0.0249. The minimum Gasteiger partial charge on any atom is -0.323 e. The predicted molar refractivity (Wildman–Crippen MR) is 114 cm³/mol. The van der Waals surface area contributed by atoms with Gasteiger partial charge < -0.3 is 5.32 Å². The van der Waals surface area contributed by atoms with Crippen molar-refractivity contribution in [2.24, 2.45) is 0 Å². The molecule has 0 unspecified atom stereocenters. The average molecular weight is 423 g/mol. The number of aromatic amines is 1. The fraction of sp³-hybridized carbons (Fsp3) is 0.143. The molecule has 0 spiro atoms. The molecule has 2 N–H and O–H groups in total. The highest BCUT2D eigenvalue weighted by atomic mass is 32.2. The lowest BCUT2D eigenvalue weighted by atomic mass is 10.1. The maximum absolute atomic E-state index is 13.7. The molecule has 2 aromatic heterocycles. The number of aromatic nitrogens is 4. The largest absolute Gasteiger partial charge is 0.323 e. The van der Waals surface area contributed by atoms with Crippen LogP contribution < -0.4 is 10.9 Å². The molecule has 0 aliphatic carbocycles. The van der Waals surface area contributed by atoms with Gasteiger partial charge >= 0.3 is 0 Å². The summed E-state index contributed by atoms with van der Waals surface area (Å²) < 4.78 is 15.1. The zero-order chi connectivity index (χ0) is 21.1. The first-order valence-corrected chi connectivity index (χ1v) is 10.3. The summed E-state index contributed by atoms with van der Waals surface area (Å²) in [6.07, 6.45) is 0.935. The van der Waals surface area contributed by atoms with E-state index in [2.05, 4.69) is 27.5 Å². The first kappa shape index (κ1) is 19.8. The summed E-state index contributed by atoms with van der Waals surface area (Å²) in [6, 6.07) is 15.6. The van der Waals surface area contributed by atoms with Crippen LogP contribution in [-0.2, 0) is 11.2 Å². The van der Waals surface area contributed by atoms with E-state index in [0.717, 1.165) is 23.7 Å². The second-order valence-corrected chi connectivity index (χ2v) is 7.47. The molecule has 9 heteroatoms. The molecule has 0 fully saturated rings. The number of H-pyrrole nitrogens is 1. The van der Waals surface area contributed by atoms with Crippen LogP contribution in [0, 0.1) is 5.82 Å². The third-order valence-electron chi connectivity index (χ3n) is 4.51. The van der Waals surface area contributed by atoms with Gasteiger partial charge in [0.1, 0.15) is 11.3 Å². The Kier molecular flexibility index (Phi) is 5.62. The van der Waals surface area contributed by atoms with Gasteiger partial charge in [0.25, 0.3) is 5.56 Å². The number of hydrogen-bond acceptors (Lipinski definition) is 5. The Balaban J connectivity index is 1.56. The number of aryl methyl sites for hydroxylation is 1. The highest BCUT2D eigenvalue weighted by Gasteiger charge is 2.14. The molecule has 0 saturated heterocycles. The molecule has 4 rings (SSSR count). The third kappa shape index (κ3) is 4.11. The lowest BCUT2D eigenvalue weighted by Gasteiger charge is -2.06. The van der Waals surface area contributed by atoms with Crippen molar-refractivity contribution >= 4 is 28.9 Å². The van der Waals surface area contributed by atoms with Crippen LogP contribution in [0.1, 0.15) is 12.5 Å². The molecule has 30 heavy (non-hydrogen) atoms. The number of halogens is 1. The molecule has 0 radical (unpaired) electrons. The van der Waals surface area contributed by atoms with E-state index in [-0.39, 0.29) is 17.0 Å². The van der Waals surface area contributed by atoms with Gasteiger partial charge in [-0.15, -0.1) is 5.10 Å². The molecular weight excluding hydrogens is 405 g/mol. The molecule has 152 valence electrons. The molecule has 0 bridgehead atoms. The SMILES string of the molecule is CCc1ccc(-c2cc3c(=O)[nH]nc(SCC(=O)Nc4ccccc4F)n3n2)cc1. The van der Waals surface area contributed by atoms with Gasteiger partial charge in [0, 0.05) is 5.56 Å². The number of para-hydroxylation sites is 1. The van der Waals surface area contributed by atoms with E-state index in [0.29, 0.717) is 16.4 Å². The van der Waals surface area contributed by atoms with E-state index >= 15 is 0 Å². The summed E-state index contributed by atoms with van der Waals surface area (Å²) in [4.78, 5) is 24.4. The van der Waals surface area contributed by atoms with Gasteiger partial charge in [0.2, 0.25) is 11.1 Å². The van der Waals surface area contributed by atoms with Crippen molar-refractivity contribution in [3.63, 3.8) is 0 Å². The van der Waals surface area contributed by atoms with Crippen LogP contribution in [0.5, 0.6) is 0 Å². The molecular formula is C21H18FN5O2S. The standard InChI is InChI=1S/C21H18FN5O2S/c1-2-13-7-9-14(10-8-13)17-11-18-20(29)24-25-21(27(18)26-17)30-12-19(28)23-16-6-4-3-5-15(16)22/h3-11H,2,12H2,1H3,(H,23,28)(H,24,29).